The number of nitrogens with one attached hydrogen (secondary N) is 2. The fraction of sp³-hybridized carbons (Fsp3) is 0.208. The molecule has 2 heterocycles. The number of hydrogen-bond acceptors (Lipinski definition) is 4. The molecular weight excluding hydrogens is 390 g/mol. The van der Waals surface area contributed by atoms with Crippen LogP contribution in [-0.2, 0) is 6.54 Å². The summed E-state index contributed by atoms with van der Waals surface area (Å²) in [4.78, 5) is 21.0. The number of aromatic nitrogens is 4. The Morgan fingerprint density at radius 3 is 2.81 bits per heavy atom. The van der Waals surface area contributed by atoms with Crippen molar-refractivity contribution in [3.8, 4) is 11.1 Å². The average Bonchev–Trinajstić information content (AvgIpc) is 3.47. The third-order valence-electron chi connectivity index (χ3n) is 5.78. The average molecular weight is 413 g/mol. The summed E-state index contributed by atoms with van der Waals surface area (Å²) < 4.78 is 0. The number of benzene rings is 2. The maximum absolute atomic E-state index is 12.1. The maximum atomic E-state index is 12.1. The molecule has 0 spiro atoms. The van der Waals surface area contributed by atoms with Gasteiger partial charge in [0.25, 0.3) is 0 Å². The molecule has 1 aliphatic rings. The normalized spacial score (nSPS) is 13.9. The molecule has 0 fully saturated rings. The Morgan fingerprint density at radius 2 is 2.03 bits per heavy atom. The highest BCUT2D eigenvalue weighted by Gasteiger charge is 2.21. The van der Waals surface area contributed by atoms with Gasteiger partial charge in [-0.05, 0) is 54.5 Å². The lowest BCUT2D eigenvalue weighted by molar-refractivity contribution is 0.0697. The van der Waals surface area contributed by atoms with Crippen LogP contribution in [0.3, 0.4) is 0 Å². The van der Waals surface area contributed by atoms with Crippen molar-refractivity contribution in [3.05, 3.63) is 78.0 Å². The van der Waals surface area contributed by atoms with Crippen molar-refractivity contribution in [1.82, 2.24) is 19.9 Å². The van der Waals surface area contributed by atoms with E-state index < -0.39 is 5.97 Å². The van der Waals surface area contributed by atoms with Gasteiger partial charge in [-0.15, -0.1) is 0 Å². The first-order valence-electron chi connectivity index (χ1n) is 10.5. The molecule has 31 heavy (non-hydrogen) atoms. The van der Waals surface area contributed by atoms with Crippen molar-refractivity contribution >= 4 is 22.4 Å². The number of H-pyrrole nitrogens is 1. The van der Waals surface area contributed by atoms with Gasteiger partial charge in [0, 0.05) is 17.1 Å². The van der Waals surface area contributed by atoms with Gasteiger partial charge in [0.1, 0.15) is 0 Å². The van der Waals surface area contributed by atoms with Gasteiger partial charge in [0.15, 0.2) is 0 Å². The highest BCUT2D eigenvalue weighted by molar-refractivity contribution is 6.06. The second-order valence-corrected chi connectivity index (χ2v) is 7.70. The minimum absolute atomic E-state index is 0.314. The third kappa shape index (κ3) is 3.59. The molecule has 7 heteroatoms. The van der Waals surface area contributed by atoms with E-state index in [1.165, 1.54) is 12.0 Å². The van der Waals surface area contributed by atoms with E-state index in [1.807, 2.05) is 36.5 Å². The molecule has 7 nitrogen and oxygen atoms in total. The van der Waals surface area contributed by atoms with E-state index in [2.05, 4.69) is 26.6 Å². The second-order valence-electron chi connectivity index (χ2n) is 7.70. The van der Waals surface area contributed by atoms with Gasteiger partial charge in [0.05, 0.1) is 35.8 Å². The molecule has 3 N–H and O–H groups in total. The van der Waals surface area contributed by atoms with Crippen molar-refractivity contribution in [3.63, 3.8) is 0 Å². The molecular formula is C24H23N5O2. The number of carboxylic acid groups (broad SMARTS) is 1. The molecule has 0 amide bonds. The van der Waals surface area contributed by atoms with Crippen molar-refractivity contribution in [2.45, 2.75) is 32.2 Å². The van der Waals surface area contributed by atoms with Crippen LogP contribution in [0.15, 0.2) is 61.2 Å². The molecule has 0 saturated heterocycles. The number of rotatable bonds is 6. The summed E-state index contributed by atoms with van der Waals surface area (Å²) in [6.07, 6.45) is 11.8. The number of aromatic amines is 1. The molecule has 0 radical (unpaired) electrons. The molecule has 156 valence electrons. The van der Waals surface area contributed by atoms with Crippen LogP contribution in [0.1, 0.15) is 47.3 Å². The highest BCUT2D eigenvalue weighted by atomic mass is 16.4. The van der Waals surface area contributed by atoms with Crippen molar-refractivity contribution in [1.29, 1.82) is 0 Å². The molecule has 0 unspecified atom stereocenters. The van der Waals surface area contributed by atoms with Gasteiger partial charge >= 0.3 is 5.97 Å². The Hall–Kier alpha value is -3.87. The molecule has 1 aliphatic carbocycles. The van der Waals surface area contributed by atoms with Crippen molar-refractivity contribution in [2.24, 2.45) is 0 Å². The summed E-state index contributed by atoms with van der Waals surface area (Å²) in [5.74, 6) is -0.922. The number of aromatic carboxylic acids is 1. The molecule has 5 rings (SSSR count). The summed E-state index contributed by atoms with van der Waals surface area (Å²) in [6, 6.07) is 11.5. The molecule has 0 atom stereocenters. The SMILES string of the molecule is O=C(O)c1cccc(C2=CCCCC2)c1-c1cccc2c1cnn2NCc1c[nH]cn1. The number of allylic oxidation sites excluding steroid dienone is 2. The van der Waals surface area contributed by atoms with E-state index in [9.17, 15) is 9.90 Å². The zero-order chi connectivity index (χ0) is 21.2. The minimum Gasteiger partial charge on any atom is -0.478 e. The molecule has 0 bridgehead atoms. The van der Waals surface area contributed by atoms with E-state index in [0.29, 0.717) is 12.1 Å². The van der Waals surface area contributed by atoms with Crippen LogP contribution < -0.4 is 5.43 Å². The monoisotopic (exact) mass is 413 g/mol. The van der Waals surface area contributed by atoms with E-state index in [0.717, 1.165) is 52.5 Å². The van der Waals surface area contributed by atoms with Crippen LogP contribution in [0.25, 0.3) is 27.6 Å². The summed E-state index contributed by atoms with van der Waals surface area (Å²) in [5, 5.41) is 15.4. The van der Waals surface area contributed by atoms with Gasteiger partial charge < -0.3 is 15.5 Å². The summed E-state index contributed by atoms with van der Waals surface area (Å²) in [7, 11) is 0. The van der Waals surface area contributed by atoms with Gasteiger partial charge in [-0.2, -0.15) is 9.89 Å². The van der Waals surface area contributed by atoms with Crippen LogP contribution in [0, 0.1) is 0 Å². The fourth-order valence-electron chi connectivity index (χ4n) is 4.31. The Bertz CT molecular complexity index is 1270. The first kappa shape index (κ1) is 19.1. The lowest BCUT2D eigenvalue weighted by atomic mass is 9.85. The molecule has 0 aliphatic heterocycles. The Morgan fingerprint density at radius 1 is 1.16 bits per heavy atom. The van der Waals surface area contributed by atoms with E-state index >= 15 is 0 Å². The van der Waals surface area contributed by atoms with Gasteiger partial charge in [0.2, 0.25) is 0 Å². The Labute approximate surface area is 179 Å². The maximum Gasteiger partial charge on any atom is 0.336 e. The molecule has 2 aromatic heterocycles. The lowest BCUT2D eigenvalue weighted by Gasteiger charge is -2.19. The molecule has 0 saturated carbocycles. The number of nitrogens with zero attached hydrogens (tertiary/aromatic N) is 3. The molecule has 2 aromatic carbocycles. The first-order chi connectivity index (χ1) is 15.2. The smallest absolute Gasteiger partial charge is 0.336 e. The number of imidazole rings is 1. The van der Waals surface area contributed by atoms with Crippen LogP contribution in [-0.4, -0.2) is 30.9 Å². The van der Waals surface area contributed by atoms with Crippen LogP contribution in [0.4, 0.5) is 0 Å². The number of carboxylic acids is 1. The van der Waals surface area contributed by atoms with Crippen LogP contribution in [0.2, 0.25) is 0 Å². The zero-order valence-electron chi connectivity index (χ0n) is 17.0. The summed E-state index contributed by atoms with van der Waals surface area (Å²) >= 11 is 0. The number of hydrogen-bond donors (Lipinski definition) is 3. The Kier molecular flexibility index (Phi) is 5.00. The topological polar surface area (TPSA) is 95.8 Å². The predicted molar refractivity (Wildman–Crippen MR) is 120 cm³/mol. The quantitative estimate of drug-likeness (QED) is 0.421. The summed E-state index contributed by atoms with van der Waals surface area (Å²) in [6.45, 7) is 0.522. The lowest BCUT2D eigenvalue weighted by Crippen LogP contribution is -2.15. The fourth-order valence-corrected chi connectivity index (χ4v) is 4.31. The minimum atomic E-state index is -0.922. The summed E-state index contributed by atoms with van der Waals surface area (Å²) in [5.41, 5.74) is 9.21. The standard InChI is InChI=1S/C24H23N5O2/c30-24(31)20-10-4-8-18(16-6-2-1-3-7-16)23(20)19-9-5-11-22-21(19)14-28-29(22)27-13-17-12-25-15-26-17/h4-6,8-12,14-15,27H,1-3,7,13H2,(H,25,26)(H,30,31). The molecule has 4 aromatic rings. The zero-order valence-corrected chi connectivity index (χ0v) is 17.0. The highest BCUT2D eigenvalue weighted by Crippen LogP contribution is 2.39. The van der Waals surface area contributed by atoms with E-state index in [4.69, 9.17) is 0 Å². The van der Waals surface area contributed by atoms with Gasteiger partial charge in [-0.1, -0.05) is 30.3 Å². The van der Waals surface area contributed by atoms with Crippen molar-refractivity contribution < 1.29 is 9.90 Å². The predicted octanol–water partition coefficient (Wildman–Crippen LogP) is 4.83. The van der Waals surface area contributed by atoms with E-state index in [1.54, 1.807) is 23.4 Å². The largest absolute Gasteiger partial charge is 0.478 e. The second kappa shape index (κ2) is 8.10. The Balaban J connectivity index is 1.64. The third-order valence-corrected chi connectivity index (χ3v) is 5.78. The van der Waals surface area contributed by atoms with E-state index in [-0.39, 0.29) is 0 Å². The van der Waals surface area contributed by atoms with Gasteiger partial charge in [-0.25, -0.2) is 9.78 Å². The number of carbonyl (C=O) groups is 1. The number of fused-ring (bicyclic) bond motifs is 1. The first-order valence-corrected chi connectivity index (χ1v) is 10.5. The van der Waals surface area contributed by atoms with Crippen molar-refractivity contribution in [2.75, 3.05) is 5.43 Å². The van der Waals surface area contributed by atoms with Crippen LogP contribution >= 0.6 is 0 Å². The van der Waals surface area contributed by atoms with Gasteiger partial charge in [-0.3, -0.25) is 0 Å². The van der Waals surface area contributed by atoms with Crippen LogP contribution in [0.5, 0.6) is 0 Å².